The Hall–Kier alpha value is -3.63. The molecule has 0 saturated carbocycles. The molecule has 0 fully saturated rings. The summed E-state index contributed by atoms with van der Waals surface area (Å²) in [6, 6.07) is 17.5. The molecule has 5 rings (SSSR count). The van der Waals surface area contributed by atoms with E-state index in [0.717, 1.165) is 30.0 Å². The number of fused-ring (bicyclic) bond motifs is 2. The van der Waals surface area contributed by atoms with Gasteiger partial charge < -0.3 is 10.6 Å². The minimum atomic E-state index is -3.36. The largest absolute Gasteiger partial charge is 0.378 e. The van der Waals surface area contributed by atoms with E-state index in [0.29, 0.717) is 23.8 Å². The molecule has 0 spiro atoms. The van der Waals surface area contributed by atoms with Crippen molar-refractivity contribution in [3.63, 3.8) is 0 Å². The van der Waals surface area contributed by atoms with Crippen molar-refractivity contribution in [3.05, 3.63) is 77.5 Å². The Morgan fingerprint density at radius 3 is 2.65 bits per heavy atom. The quantitative estimate of drug-likeness (QED) is 0.355. The van der Waals surface area contributed by atoms with Crippen molar-refractivity contribution in [2.75, 3.05) is 28.2 Å². The molecule has 0 aliphatic carbocycles. The van der Waals surface area contributed by atoms with Crippen molar-refractivity contribution in [2.45, 2.75) is 26.6 Å². The summed E-state index contributed by atoms with van der Waals surface area (Å²) in [5, 5.41) is 11.2. The molecule has 0 bridgehead atoms. The van der Waals surface area contributed by atoms with Gasteiger partial charge in [0.25, 0.3) is 0 Å². The fraction of sp³-hybridized carbons (Fsp3) is 0.250. The first-order valence-electron chi connectivity index (χ1n) is 11.2. The van der Waals surface area contributed by atoms with Gasteiger partial charge in [-0.2, -0.15) is 4.98 Å². The van der Waals surface area contributed by atoms with E-state index in [1.54, 1.807) is 17.5 Å². The third-order valence-corrected chi connectivity index (χ3v) is 7.13. The fourth-order valence-corrected chi connectivity index (χ4v) is 4.75. The van der Waals surface area contributed by atoms with E-state index in [1.807, 2.05) is 36.5 Å². The lowest BCUT2D eigenvalue weighted by Crippen LogP contribution is -2.16. The molecule has 10 heteroatoms. The molecule has 2 aromatic carbocycles. The summed E-state index contributed by atoms with van der Waals surface area (Å²) < 4.78 is 28.4. The molecule has 2 aromatic heterocycles. The van der Waals surface area contributed by atoms with Gasteiger partial charge in [-0.15, -0.1) is 5.10 Å². The van der Waals surface area contributed by atoms with E-state index in [-0.39, 0.29) is 5.75 Å². The molecule has 1 aliphatic rings. The molecule has 0 unspecified atom stereocenters. The topological polar surface area (TPSA) is 104 Å². The van der Waals surface area contributed by atoms with Gasteiger partial charge in [0.2, 0.25) is 16.0 Å². The number of rotatable bonds is 8. The van der Waals surface area contributed by atoms with Crippen LogP contribution in [0, 0.1) is 0 Å². The number of sulfonamides is 1. The molecule has 34 heavy (non-hydrogen) atoms. The van der Waals surface area contributed by atoms with E-state index < -0.39 is 10.0 Å². The number of nitrogens with zero attached hydrogens (tertiary/aromatic N) is 4. The van der Waals surface area contributed by atoms with E-state index in [1.165, 1.54) is 11.1 Å². The predicted octanol–water partition coefficient (Wildman–Crippen LogP) is 3.79. The first-order valence-corrected chi connectivity index (χ1v) is 12.8. The highest BCUT2D eigenvalue weighted by Gasteiger charge is 2.16. The summed E-state index contributed by atoms with van der Waals surface area (Å²) in [6.45, 7) is 3.95. The summed E-state index contributed by atoms with van der Waals surface area (Å²) >= 11 is 0. The van der Waals surface area contributed by atoms with Crippen molar-refractivity contribution < 1.29 is 8.42 Å². The summed E-state index contributed by atoms with van der Waals surface area (Å²) in [6.07, 6.45) is 1.85. The van der Waals surface area contributed by atoms with Gasteiger partial charge in [-0.1, -0.05) is 24.3 Å². The fourth-order valence-electron chi connectivity index (χ4n) is 4.07. The molecule has 0 amide bonds. The predicted molar refractivity (Wildman–Crippen MR) is 135 cm³/mol. The number of aromatic nitrogens is 3. The second-order valence-corrected chi connectivity index (χ2v) is 10.4. The molecule has 0 saturated heterocycles. The first-order chi connectivity index (χ1) is 16.4. The number of benzene rings is 2. The van der Waals surface area contributed by atoms with E-state index in [9.17, 15) is 8.42 Å². The lowest BCUT2D eigenvalue weighted by molar-refractivity contribution is 0.353. The average molecular weight is 478 g/mol. The number of hydrogen-bond donors (Lipinski definition) is 3. The molecule has 1 aliphatic heterocycles. The Bertz CT molecular complexity index is 1450. The molecule has 9 nitrogen and oxygen atoms in total. The molecule has 0 atom stereocenters. The Labute approximate surface area is 198 Å². The summed E-state index contributed by atoms with van der Waals surface area (Å²) in [5.41, 5.74) is 6.50. The van der Waals surface area contributed by atoms with Gasteiger partial charge in [0.15, 0.2) is 5.65 Å². The van der Waals surface area contributed by atoms with E-state index in [4.69, 9.17) is 0 Å². The van der Waals surface area contributed by atoms with Gasteiger partial charge in [-0.3, -0.25) is 9.62 Å². The minimum absolute atomic E-state index is 0.0184. The van der Waals surface area contributed by atoms with Gasteiger partial charge in [0, 0.05) is 31.5 Å². The van der Waals surface area contributed by atoms with E-state index in [2.05, 4.69) is 55.6 Å². The highest BCUT2D eigenvalue weighted by molar-refractivity contribution is 7.92. The SMILES string of the molecule is CCS(=O)(=O)Nc1ccccc1CNc1cccn2nc(Nc3ccc4c(c3)CN(C)C4)nc12. The number of anilines is 4. The van der Waals surface area contributed by atoms with Crippen LogP contribution in [0.3, 0.4) is 0 Å². The molecule has 3 heterocycles. The lowest BCUT2D eigenvalue weighted by atomic mass is 10.1. The van der Waals surface area contributed by atoms with Crippen LogP contribution in [-0.2, 0) is 29.7 Å². The maximum absolute atomic E-state index is 12.0. The van der Waals surface area contributed by atoms with Gasteiger partial charge in [-0.05, 0) is 61.0 Å². The molecular weight excluding hydrogens is 450 g/mol. The summed E-state index contributed by atoms with van der Waals surface area (Å²) in [4.78, 5) is 6.96. The second-order valence-electron chi connectivity index (χ2n) is 8.42. The van der Waals surface area contributed by atoms with Crippen LogP contribution in [0.5, 0.6) is 0 Å². The van der Waals surface area contributed by atoms with Crippen LogP contribution in [0.15, 0.2) is 60.8 Å². The van der Waals surface area contributed by atoms with Crippen LogP contribution in [0.25, 0.3) is 5.65 Å². The molecule has 4 aromatic rings. The van der Waals surface area contributed by atoms with Crippen LogP contribution in [0.2, 0.25) is 0 Å². The smallest absolute Gasteiger partial charge is 0.247 e. The molecular formula is C24H27N7O2S. The maximum atomic E-state index is 12.0. The van der Waals surface area contributed by atoms with Crippen molar-refractivity contribution in [2.24, 2.45) is 0 Å². The van der Waals surface area contributed by atoms with Gasteiger partial charge in [0.1, 0.15) is 0 Å². The maximum Gasteiger partial charge on any atom is 0.247 e. The van der Waals surface area contributed by atoms with Gasteiger partial charge >= 0.3 is 0 Å². The number of nitrogens with one attached hydrogen (secondary N) is 3. The Morgan fingerprint density at radius 1 is 1.00 bits per heavy atom. The van der Waals surface area contributed by atoms with Crippen LogP contribution in [0.1, 0.15) is 23.6 Å². The van der Waals surface area contributed by atoms with Crippen LogP contribution in [-0.4, -0.2) is 40.7 Å². The van der Waals surface area contributed by atoms with Crippen molar-refractivity contribution in [1.82, 2.24) is 19.5 Å². The second kappa shape index (κ2) is 8.96. The average Bonchev–Trinajstić information content (AvgIpc) is 3.40. The molecule has 3 N–H and O–H groups in total. The molecule has 0 radical (unpaired) electrons. The van der Waals surface area contributed by atoms with E-state index >= 15 is 0 Å². The van der Waals surface area contributed by atoms with Crippen LogP contribution in [0.4, 0.5) is 23.0 Å². The first kappa shape index (κ1) is 22.2. The van der Waals surface area contributed by atoms with Crippen LogP contribution < -0.4 is 15.4 Å². The summed E-state index contributed by atoms with van der Waals surface area (Å²) in [7, 11) is -1.25. The van der Waals surface area contributed by atoms with Gasteiger partial charge in [0.05, 0.1) is 17.1 Å². The van der Waals surface area contributed by atoms with Crippen molar-refractivity contribution in [1.29, 1.82) is 0 Å². The zero-order valence-electron chi connectivity index (χ0n) is 19.1. The Kier molecular flexibility index (Phi) is 5.84. The lowest BCUT2D eigenvalue weighted by Gasteiger charge is -2.13. The van der Waals surface area contributed by atoms with Crippen LogP contribution >= 0.6 is 0 Å². The highest BCUT2D eigenvalue weighted by Crippen LogP contribution is 2.26. The standard InChI is InChI=1S/C24H27N7O2S/c1-3-34(32,33)29-21-8-5-4-7-17(21)14-25-22-9-6-12-31-23(22)27-24(28-31)26-20-11-10-18-15-30(2)16-19(18)13-20/h4-13,25,29H,3,14-16H2,1-2H3,(H,26,28). The zero-order chi connectivity index (χ0) is 23.7. The third kappa shape index (κ3) is 4.68. The van der Waals surface area contributed by atoms with Gasteiger partial charge in [-0.25, -0.2) is 12.9 Å². The summed E-state index contributed by atoms with van der Waals surface area (Å²) in [5.74, 6) is 0.529. The Morgan fingerprint density at radius 2 is 1.79 bits per heavy atom. The number of para-hydroxylation sites is 1. The zero-order valence-corrected chi connectivity index (χ0v) is 19.9. The number of hydrogen-bond acceptors (Lipinski definition) is 7. The minimum Gasteiger partial charge on any atom is -0.378 e. The third-order valence-electron chi connectivity index (χ3n) is 5.84. The number of pyridine rings is 1. The monoisotopic (exact) mass is 477 g/mol. The van der Waals surface area contributed by atoms with Crippen molar-refractivity contribution in [3.8, 4) is 0 Å². The normalized spacial score (nSPS) is 13.7. The molecule has 176 valence electrons. The Balaban J connectivity index is 1.35. The van der Waals surface area contributed by atoms with Crippen molar-refractivity contribution >= 4 is 38.7 Å². The highest BCUT2D eigenvalue weighted by atomic mass is 32.2.